The highest BCUT2D eigenvalue weighted by Crippen LogP contribution is 2.39. The topological polar surface area (TPSA) is 107 Å². The number of carbonyl (C=O) groups is 3. The lowest BCUT2D eigenvalue weighted by Crippen LogP contribution is -2.34. The van der Waals surface area contributed by atoms with Gasteiger partial charge in [-0.15, -0.1) is 0 Å². The smallest absolute Gasteiger partial charge is 0.338 e. The maximum atomic E-state index is 13.0. The Kier molecular flexibility index (Phi) is 10.9. The van der Waals surface area contributed by atoms with E-state index >= 15 is 0 Å². The van der Waals surface area contributed by atoms with Crippen LogP contribution in [0.2, 0.25) is 0 Å². The fraction of sp³-hybridized carbons (Fsp3) is 0.690. The second-order valence-corrected chi connectivity index (χ2v) is 10.7. The van der Waals surface area contributed by atoms with Crippen molar-refractivity contribution in [3.05, 3.63) is 17.7 Å². The first kappa shape index (κ1) is 29.9. The monoisotopic (exact) mass is 561 g/mol. The molecule has 4 unspecified atom stereocenters. The summed E-state index contributed by atoms with van der Waals surface area (Å²) >= 11 is 0. The molecule has 0 N–H and O–H groups in total. The zero-order valence-electron chi connectivity index (χ0n) is 24.0. The summed E-state index contributed by atoms with van der Waals surface area (Å²) in [6.07, 6.45) is 3.68. The molecule has 1 amide bonds. The Bertz CT molecular complexity index is 1030. The van der Waals surface area contributed by atoms with Crippen molar-refractivity contribution >= 4 is 17.8 Å². The maximum absolute atomic E-state index is 13.0. The molecule has 3 heterocycles. The van der Waals surface area contributed by atoms with E-state index in [9.17, 15) is 14.4 Å². The minimum Gasteiger partial charge on any atom is -0.493 e. The van der Waals surface area contributed by atoms with Crippen molar-refractivity contribution in [3.63, 3.8) is 0 Å². The minimum atomic E-state index is -0.436. The fourth-order valence-electron chi connectivity index (χ4n) is 5.53. The first-order valence-corrected chi connectivity index (χ1v) is 14.3. The van der Waals surface area contributed by atoms with Crippen LogP contribution in [0.4, 0.5) is 0 Å². The molecule has 11 nitrogen and oxygen atoms in total. The molecule has 2 saturated heterocycles. The first-order chi connectivity index (χ1) is 19.4. The Balaban J connectivity index is 1.48. The number of hydrogen-bond donors (Lipinski definition) is 0. The molecule has 4 atom stereocenters. The number of carbonyl (C=O) groups excluding carboxylic acids is 3. The summed E-state index contributed by atoms with van der Waals surface area (Å²) in [5, 5.41) is 0. The number of rotatable bonds is 4. The van der Waals surface area contributed by atoms with Crippen LogP contribution < -0.4 is 14.2 Å². The molecule has 0 aliphatic carbocycles. The van der Waals surface area contributed by atoms with Crippen molar-refractivity contribution in [3.8, 4) is 17.2 Å². The van der Waals surface area contributed by atoms with Gasteiger partial charge < -0.3 is 38.4 Å². The normalized spacial score (nSPS) is 26.9. The van der Waals surface area contributed by atoms with Crippen molar-refractivity contribution in [1.29, 1.82) is 0 Å². The summed E-state index contributed by atoms with van der Waals surface area (Å²) in [4.78, 5) is 44.2. The largest absolute Gasteiger partial charge is 0.493 e. The quantitative estimate of drug-likeness (QED) is 0.508. The molecular weight excluding hydrogens is 518 g/mol. The summed E-state index contributed by atoms with van der Waals surface area (Å²) < 4.78 is 28.6. The number of ether oxygens (including phenoxy) is 5. The van der Waals surface area contributed by atoms with E-state index in [1.807, 2.05) is 0 Å². The zero-order chi connectivity index (χ0) is 28.5. The lowest BCUT2D eigenvalue weighted by Gasteiger charge is -2.25. The summed E-state index contributed by atoms with van der Waals surface area (Å²) in [6, 6.07) is 3.21. The van der Waals surface area contributed by atoms with Gasteiger partial charge in [-0.3, -0.25) is 9.59 Å². The third kappa shape index (κ3) is 8.00. The number of benzene rings is 1. The van der Waals surface area contributed by atoms with Crippen molar-refractivity contribution in [1.82, 2.24) is 14.7 Å². The van der Waals surface area contributed by atoms with E-state index < -0.39 is 11.9 Å². The molecule has 4 bridgehead atoms. The van der Waals surface area contributed by atoms with Crippen LogP contribution >= 0.6 is 0 Å². The van der Waals surface area contributed by atoms with Crippen molar-refractivity contribution in [2.24, 2.45) is 5.92 Å². The number of likely N-dealkylation sites (tertiary alicyclic amines) is 1. The average molecular weight is 562 g/mol. The van der Waals surface area contributed by atoms with Crippen LogP contribution in [0.1, 0.15) is 48.9 Å². The van der Waals surface area contributed by atoms with Gasteiger partial charge in [0.1, 0.15) is 6.10 Å². The molecule has 1 aromatic carbocycles. The number of cyclic esters (lactones) is 1. The van der Waals surface area contributed by atoms with Gasteiger partial charge in [0.2, 0.25) is 11.7 Å². The summed E-state index contributed by atoms with van der Waals surface area (Å²) in [6.45, 7) is 6.63. The highest BCUT2D eigenvalue weighted by Gasteiger charge is 2.34. The van der Waals surface area contributed by atoms with Crippen LogP contribution in [-0.4, -0.2) is 119 Å². The van der Waals surface area contributed by atoms with Crippen LogP contribution in [0, 0.1) is 5.92 Å². The molecule has 3 aliphatic rings. The predicted molar refractivity (Wildman–Crippen MR) is 147 cm³/mol. The van der Waals surface area contributed by atoms with Crippen molar-refractivity contribution in [2.45, 2.75) is 44.6 Å². The Hall–Kier alpha value is -3.05. The van der Waals surface area contributed by atoms with Gasteiger partial charge in [0.15, 0.2) is 11.5 Å². The van der Waals surface area contributed by atoms with Crippen LogP contribution in [0.25, 0.3) is 0 Å². The van der Waals surface area contributed by atoms with Gasteiger partial charge in [-0.2, -0.15) is 0 Å². The molecule has 1 aromatic rings. The second-order valence-electron chi connectivity index (χ2n) is 10.7. The van der Waals surface area contributed by atoms with E-state index in [0.717, 1.165) is 58.5 Å². The van der Waals surface area contributed by atoms with Gasteiger partial charge >= 0.3 is 11.9 Å². The number of nitrogens with zero attached hydrogens (tertiary/aromatic N) is 3. The molecule has 2 fully saturated rings. The molecule has 222 valence electrons. The van der Waals surface area contributed by atoms with Gasteiger partial charge in [-0.1, -0.05) is 0 Å². The van der Waals surface area contributed by atoms with E-state index in [0.29, 0.717) is 55.4 Å². The molecule has 11 heteroatoms. The molecule has 0 saturated carbocycles. The second kappa shape index (κ2) is 14.5. The SMILES string of the molecule is COc1cc2cc(c1OC)OCCCC(OC(=O)C1CC(=O)N(C)C1)CCN1CCCN(CCCOC2=O)CC1. The number of hydrogen-bond acceptors (Lipinski definition) is 10. The van der Waals surface area contributed by atoms with Crippen molar-refractivity contribution < 1.29 is 38.1 Å². The van der Waals surface area contributed by atoms with E-state index in [4.69, 9.17) is 23.7 Å². The maximum Gasteiger partial charge on any atom is 0.338 e. The predicted octanol–water partition coefficient (Wildman–Crippen LogP) is 2.21. The van der Waals surface area contributed by atoms with Gasteiger partial charge in [0, 0.05) is 46.2 Å². The van der Waals surface area contributed by atoms with Gasteiger partial charge in [-0.05, 0) is 57.3 Å². The Labute approximate surface area is 236 Å². The van der Waals surface area contributed by atoms with Gasteiger partial charge in [0.05, 0.1) is 38.9 Å². The number of fused-ring (bicyclic) bond motifs is 5. The van der Waals surface area contributed by atoms with Gasteiger partial charge in [-0.25, -0.2) is 4.79 Å². The van der Waals surface area contributed by atoms with E-state index in [-0.39, 0.29) is 24.4 Å². The van der Waals surface area contributed by atoms with Gasteiger partial charge in [0.25, 0.3) is 0 Å². The van der Waals surface area contributed by atoms with E-state index in [1.165, 1.54) is 14.2 Å². The fourth-order valence-corrected chi connectivity index (χ4v) is 5.53. The minimum absolute atomic E-state index is 0.0273. The van der Waals surface area contributed by atoms with Crippen LogP contribution in [0.5, 0.6) is 17.2 Å². The van der Waals surface area contributed by atoms with E-state index in [1.54, 1.807) is 24.1 Å². The summed E-state index contributed by atoms with van der Waals surface area (Å²) in [5.41, 5.74) is 0.332. The van der Waals surface area contributed by atoms with Crippen LogP contribution in [0.3, 0.4) is 0 Å². The summed E-state index contributed by atoms with van der Waals surface area (Å²) in [7, 11) is 4.74. The molecule has 4 rings (SSSR count). The van der Waals surface area contributed by atoms with Crippen LogP contribution in [0.15, 0.2) is 12.1 Å². The lowest BCUT2D eigenvalue weighted by molar-refractivity contribution is -0.154. The van der Waals surface area contributed by atoms with Crippen molar-refractivity contribution in [2.75, 3.05) is 80.3 Å². The standard InChI is InChI=1S/C29H43N3O8/c1-30-20-22(19-26(30)33)29(35)40-23-7-4-15-38-25-18-21(17-24(36-2)27(25)37-3)28(34)39-16-6-11-31-9-5-10-32(12-8-23)14-13-31/h17-18,22-23H,4-16,19-20H2,1-3H3. The highest BCUT2D eigenvalue weighted by atomic mass is 16.5. The third-order valence-corrected chi connectivity index (χ3v) is 7.87. The lowest BCUT2D eigenvalue weighted by atomic mass is 10.1. The first-order valence-electron chi connectivity index (χ1n) is 14.3. The number of methoxy groups -OCH3 is 2. The molecule has 3 aliphatic heterocycles. The number of esters is 2. The average Bonchev–Trinajstić information content (AvgIpc) is 3.14. The Morgan fingerprint density at radius 1 is 0.875 bits per heavy atom. The molecule has 0 radical (unpaired) electrons. The highest BCUT2D eigenvalue weighted by molar-refractivity contribution is 5.91. The summed E-state index contributed by atoms with van der Waals surface area (Å²) in [5.74, 6) is -0.0161. The number of amides is 1. The molecule has 40 heavy (non-hydrogen) atoms. The Morgan fingerprint density at radius 3 is 2.30 bits per heavy atom. The molecule has 0 aromatic heterocycles. The Morgan fingerprint density at radius 2 is 1.60 bits per heavy atom. The molecular formula is C29H43N3O8. The van der Waals surface area contributed by atoms with Crippen LogP contribution in [-0.2, 0) is 19.1 Å². The van der Waals surface area contributed by atoms with E-state index in [2.05, 4.69) is 9.80 Å². The zero-order valence-corrected chi connectivity index (χ0v) is 24.0. The molecule has 0 spiro atoms. The third-order valence-electron chi connectivity index (χ3n) is 7.87.